The van der Waals surface area contributed by atoms with Crippen LogP contribution in [0.15, 0.2) is 61.2 Å². The van der Waals surface area contributed by atoms with Gasteiger partial charge in [0.15, 0.2) is 5.78 Å². The van der Waals surface area contributed by atoms with E-state index in [2.05, 4.69) is 15.6 Å². The lowest BCUT2D eigenvalue weighted by molar-refractivity contribution is -0.230. The molecule has 2 heterocycles. The van der Waals surface area contributed by atoms with Crippen molar-refractivity contribution in [2.75, 3.05) is 6.54 Å². The van der Waals surface area contributed by atoms with Crippen LogP contribution in [0.25, 0.3) is 22.3 Å². The molecule has 0 saturated carbocycles. The Bertz CT molecular complexity index is 2360. The monoisotopic (exact) mass is 969 g/mol. The average Bonchev–Trinajstić information content (AvgIpc) is 3.91. The SMILES string of the molecule is CC(=O)C[C@H](C(=O)NN(Cc1c(F)cc(-c2cnn(C(F)F)c2)cc1F)C[C@H](O)[C@@H](CC(=O)[C@@H](NC(C)=O)C(C)(C)C(F)(F)F)Cc1ccc(-c2cnn(C(F)F)c2)cc1)C(C)(C)C(F)(F)F. The Kier molecular flexibility index (Phi) is 16.9. The molecule has 4 atom stereocenters. The van der Waals surface area contributed by atoms with Crippen molar-refractivity contribution in [3.63, 3.8) is 0 Å². The van der Waals surface area contributed by atoms with Crippen LogP contribution in [0, 0.1) is 34.3 Å². The number of amides is 2. The summed E-state index contributed by atoms with van der Waals surface area (Å²) >= 11 is 0. The van der Waals surface area contributed by atoms with Crippen LogP contribution < -0.4 is 10.7 Å². The minimum absolute atomic E-state index is 0.165. The van der Waals surface area contributed by atoms with Gasteiger partial charge >= 0.3 is 25.5 Å². The zero-order chi connectivity index (χ0) is 50.6. The van der Waals surface area contributed by atoms with Crippen LogP contribution in [-0.2, 0) is 32.1 Å². The van der Waals surface area contributed by atoms with Crippen LogP contribution >= 0.6 is 0 Å². The number of carbonyl (C=O) groups is 4. The maximum atomic E-state index is 15.9. The second-order valence-corrected chi connectivity index (χ2v) is 17.2. The summed E-state index contributed by atoms with van der Waals surface area (Å²) in [6.45, 7) is -3.90. The molecule has 4 rings (SSSR count). The molecule has 2 aromatic heterocycles. The molecule has 368 valence electrons. The molecule has 12 nitrogen and oxygen atoms in total. The van der Waals surface area contributed by atoms with Gasteiger partial charge in [-0.2, -0.15) is 54.1 Å². The zero-order valence-electron chi connectivity index (χ0n) is 36.6. The average molecular weight is 970 g/mol. The molecule has 4 aromatic rings. The number of hydrogen-bond donors (Lipinski definition) is 3. The Hall–Kier alpha value is -5.78. The molecule has 67 heavy (non-hydrogen) atoms. The second-order valence-electron chi connectivity index (χ2n) is 17.2. The standard InChI is InChI=1S/C43H47F12N7O5/c1-22(63)11-31(40(3,4)42(50,51)52)37(67)59-60(20-30-32(44)13-26(14-33(30)45)29-17-57-62(19-29)39(48)49)21-35(66)27(15-34(65)36(58-23(2)64)41(5,6)43(53,54)55)12-24-7-9-25(10-8-24)28-16-56-61(18-28)38(46)47/h7-10,13-14,16-19,27,31,35-36,38-39,66H,11-12,15,20-21H2,1-6H3,(H,58,64)(H,59,67)/t27-,31-,35+,36-/m1/s1. The summed E-state index contributed by atoms with van der Waals surface area (Å²) in [4.78, 5) is 52.1. The van der Waals surface area contributed by atoms with Crippen LogP contribution in [0.3, 0.4) is 0 Å². The lowest BCUT2D eigenvalue weighted by Crippen LogP contribution is -2.56. The van der Waals surface area contributed by atoms with Gasteiger partial charge in [-0.15, -0.1) is 0 Å². The molecule has 0 spiro atoms. The fourth-order valence-corrected chi connectivity index (χ4v) is 7.11. The number of hydrazine groups is 1. The maximum absolute atomic E-state index is 15.9. The molecular formula is C43H47F12N7O5. The fraction of sp³-hybridized carbons (Fsp3) is 0.488. The first-order valence-corrected chi connectivity index (χ1v) is 20.2. The van der Waals surface area contributed by atoms with Gasteiger partial charge in [-0.05, 0) is 61.9 Å². The molecule has 0 aliphatic heterocycles. The van der Waals surface area contributed by atoms with Crippen molar-refractivity contribution in [1.82, 2.24) is 35.3 Å². The lowest BCUT2D eigenvalue weighted by atomic mass is 9.75. The van der Waals surface area contributed by atoms with Crippen molar-refractivity contribution in [2.45, 2.75) is 105 Å². The number of alkyl halides is 10. The number of ketones is 2. The van der Waals surface area contributed by atoms with E-state index >= 15 is 8.78 Å². The normalized spacial score (nSPS) is 14.6. The summed E-state index contributed by atoms with van der Waals surface area (Å²) in [6, 6.07) is 4.81. The van der Waals surface area contributed by atoms with Crippen LogP contribution in [0.2, 0.25) is 0 Å². The fourth-order valence-electron chi connectivity index (χ4n) is 7.11. The van der Waals surface area contributed by atoms with Crippen LogP contribution in [0.1, 0.15) is 78.6 Å². The van der Waals surface area contributed by atoms with Gasteiger partial charge in [-0.3, -0.25) is 19.8 Å². The summed E-state index contributed by atoms with van der Waals surface area (Å²) in [5.41, 5.74) is -4.23. The third kappa shape index (κ3) is 13.2. The topological polar surface area (TPSA) is 151 Å². The first-order valence-electron chi connectivity index (χ1n) is 20.2. The van der Waals surface area contributed by atoms with Gasteiger partial charge in [0, 0.05) is 61.9 Å². The third-order valence-electron chi connectivity index (χ3n) is 11.4. The Morgan fingerprint density at radius 2 is 1.22 bits per heavy atom. The van der Waals surface area contributed by atoms with Gasteiger partial charge in [0.25, 0.3) is 0 Å². The highest BCUT2D eigenvalue weighted by atomic mass is 19.4. The number of aliphatic hydroxyl groups excluding tert-OH is 1. The van der Waals surface area contributed by atoms with Crippen LogP contribution in [-0.4, -0.2) is 84.1 Å². The minimum Gasteiger partial charge on any atom is -0.391 e. The highest BCUT2D eigenvalue weighted by molar-refractivity contribution is 5.89. The number of nitrogens with one attached hydrogen (secondary N) is 2. The number of hydrogen-bond acceptors (Lipinski definition) is 8. The number of aliphatic hydroxyl groups is 1. The van der Waals surface area contributed by atoms with E-state index in [4.69, 9.17) is 0 Å². The van der Waals surface area contributed by atoms with Gasteiger partial charge in [-0.1, -0.05) is 38.1 Å². The van der Waals surface area contributed by atoms with Gasteiger partial charge in [0.2, 0.25) is 11.8 Å². The van der Waals surface area contributed by atoms with E-state index in [1.165, 1.54) is 24.3 Å². The van der Waals surface area contributed by atoms with E-state index in [0.717, 1.165) is 38.6 Å². The van der Waals surface area contributed by atoms with Gasteiger partial charge in [0.1, 0.15) is 23.5 Å². The highest BCUT2D eigenvalue weighted by Crippen LogP contribution is 2.45. The Balaban J connectivity index is 1.81. The molecule has 2 amide bonds. The van der Waals surface area contributed by atoms with Crippen LogP contribution in [0.4, 0.5) is 52.7 Å². The number of carbonyl (C=O) groups excluding carboxylic acids is 4. The molecular weight excluding hydrogens is 922 g/mol. The van der Waals surface area contributed by atoms with Crippen molar-refractivity contribution in [3.05, 3.63) is 83.9 Å². The Morgan fingerprint density at radius 1 is 0.731 bits per heavy atom. The zero-order valence-corrected chi connectivity index (χ0v) is 36.6. The van der Waals surface area contributed by atoms with E-state index < -0.39 is 133 Å². The predicted molar refractivity (Wildman–Crippen MR) is 215 cm³/mol. The smallest absolute Gasteiger partial charge is 0.391 e. The summed E-state index contributed by atoms with van der Waals surface area (Å²) in [6.07, 6.45) is -10.7. The van der Waals surface area contributed by atoms with Gasteiger partial charge in [0.05, 0.1) is 35.2 Å². The van der Waals surface area contributed by atoms with Crippen LogP contribution in [0.5, 0.6) is 0 Å². The number of nitrogens with zero attached hydrogens (tertiary/aromatic N) is 5. The van der Waals surface area contributed by atoms with Crippen molar-refractivity contribution in [3.8, 4) is 22.3 Å². The molecule has 0 aliphatic carbocycles. The predicted octanol–water partition coefficient (Wildman–Crippen LogP) is 8.77. The summed E-state index contributed by atoms with van der Waals surface area (Å²) in [7, 11) is 0. The minimum atomic E-state index is -5.11. The largest absolute Gasteiger partial charge is 0.396 e. The number of aromatic nitrogens is 4. The molecule has 0 bridgehead atoms. The van der Waals surface area contributed by atoms with Crippen molar-refractivity contribution < 1.29 is 77.0 Å². The number of halogens is 12. The first-order chi connectivity index (χ1) is 30.8. The second kappa shape index (κ2) is 21.0. The summed E-state index contributed by atoms with van der Waals surface area (Å²) < 4.78 is 171. The number of benzene rings is 2. The quantitative estimate of drug-likeness (QED) is 0.0554. The molecule has 2 aromatic carbocycles. The van der Waals surface area contributed by atoms with Crippen molar-refractivity contribution in [1.29, 1.82) is 0 Å². The van der Waals surface area contributed by atoms with E-state index in [9.17, 15) is 68.2 Å². The lowest BCUT2D eigenvalue weighted by Gasteiger charge is -2.38. The molecule has 24 heteroatoms. The molecule has 0 aliphatic rings. The van der Waals surface area contributed by atoms with E-state index in [1.807, 2.05) is 5.32 Å². The molecule has 0 saturated heterocycles. The third-order valence-corrected chi connectivity index (χ3v) is 11.4. The number of rotatable bonds is 21. The van der Waals surface area contributed by atoms with E-state index in [-0.39, 0.29) is 26.9 Å². The highest BCUT2D eigenvalue weighted by Gasteiger charge is 2.56. The number of Topliss-reactive ketones (excluding diaryl/α,β-unsaturated/α-hetero) is 2. The molecule has 0 fully saturated rings. The van der Waals surface area contributed by atoms with Gasteiger partial charge < -0.3 is 15.2 Å². The molecule has 3 N–H and O–H groups in total. The van der Waals surface area contributed by atoms with Crippen molar-refractivity contribution >= 4 is 23.4 Å². The van der Waals surface area contributed by atoms with Gasteiger partial charge in [-0.25, -0.2) is 23.2 Å². The van der Waals surface area contributed by atoms with E-state index in [0.29, 0.717) is 55.1 Å². The first kappa shape index (κ1) is 53.8. The Labute approximate surface area is 375 Å². The Morgan fingerprint density at radius 3 is 1.66 bits per heavy atom. The molecule has 0 radical (unpaired) electrons. The maximum Gasteiger partial charge on any atom is 0.396 e. The summed E-state index contributed by atoms with van der Waals surface area (Å²) in [5, 5.41) is 21.5. The van der Waals surface area contributed by atoms with E-state index in [1.54, 1.807) is 0 Å². The van der Waals surface area contributed by atoms with Crippen molar-refractivity contribution in [2.24, 2.45) is 22.7 Å². The summed E-state index contributed by atoms with van der Waals surface area (Å²) in [5.74, 6) is -11.2. The molecule has 0 unspecified atom stereocenters.